The maximum atomic E-state index is 13.0. The third-order valence-electron chi connectivity index (χ3n) is 5.14. The molecule has 1 heterocycles. The van der Waals surface area contributed by atoms with E-state index in [4.69, 9.17) is 9.26 Å². The van der Waals surface area contributed by atoms with Gasteiger partial charge in [-0.25, -0.2) is 0 Å². The number of nitrogens with zero attached hydrogens (tertiary/aromatic N) is 3. The molecule has 0 radical (unpaired) electrons. The van der Waals surface area contributed by atoms with E-state index in [1.807, 2.05) is 29.2 Å². The Kier molecular flexibility index (Phi) is 6.37. The molecule has 1 aliphatic rings. The number of rotatable bonds is 6. The molecule has 0 atom stereocenters. The second-order valence-corrected chi connectivity index (χ2v) is 8.79. The molecule has 0 spiro atoms. The third-order valence-corrected chi connectivity index (χ3v) is 5.14. The van der Waals surface area contributed by atoms with Crippen molar-refractivity contribution in [1.82, 2.24) is 15.0 Å². The summed E-state index contributed by atoms with van der Waals surface area (Å²) < 4.78 is 10.7. The van der Waals surface area contributed by atoms with Crippen molar-refractivity contribution in [2.24, 2.45) is 5.41 Å². The van der Waals surface area contributed by atoms with E-state index in [1.54, 1.807) is 7.11 Å². The number of methoxy groups -OCH3 is 1. The number of aromatic nitrogens is 2. The number of carbonyl (C=O) groups excluding carboxylic acids is 1. The average molecular weight is 386 g/mol. The number of carbonyl (C=O) groups is 1. The van der Waals surface area contributed by atoms with Crippen LogP contribution in [0.5, 0.6) is 5.75 Å². The summed E-state index contributed by atoms with van der Waals surface area (Å²) in [5, 5.41) is 4.11. The maximum absolute atomic E-state index is 13.0. The van der Waals surface area contributed by atoms with Crippen molar-refractivity contribution < 1.29 is 14.1 Å². The Morgan fingerprint density at radius 3 is 2.46 bits per heavy atom. The third kappa shape index (κ3) is 5.33. The first-order chi connectivity index (χ1) is 13.4. The lowest BCUT2D eigenvalue weighted by molar-refractivity contribution is -0.137. The van der Waals surface area contributed by atoms with E-state index in [0.29, 0.717) is 24.7 Å². The topological polar surface area (TPSA) is 68.5 Å². The molecule has 1 aromatic carbocycles. The molecule has 6 heteroatoms. The smallest absolute Gasteiger partial charge is 0.246 e. The fourth-order valence-corrected chi connectivity index (χ4v) is 3.69. The van der Waals surface area contributed by atoms with Crippen molar-refractivity contribution in [3.05, 3.63) is 30.2 Å². The SMILES string of the molecule is COc1ccc(-c2noc(CN(C(=O)CC(C)(C)C)C3CCCCC3)n2)cc1. The van der Waals surface area contributed by atoms with E-state index in [1.165, 1.54) is 19.3 Å². The molecule has 3 rings (SSSR count). The molecule has 1 saturated carbocycles. The summed E-state index contributed by atoms with van der Waals surface area (Å²) in [6.07, 6.45) is 6.21. The second kappa shape index (κ2) is 8.76. The Bertz CT molecular complexity index is 771. The minimum atomic E-state index is -0.0485. The zero-order valence-corrected chi connectivity index (χ0v) is 17.4. The van der Waals surface area contributed by atoms with Crippen molar-refractivity contribution in [2.75, 3.05) is 7.11 Å². The number of benzene rings is 1. The first-order valence-corrected chi connectivity index (χ1v) is 10.1. The van der Waals surface area contributed by atoms with Gasteiger partial charge >= 0.3 is 0 Å². The summed E-state index contributed by atoms with van der Waals surface area (Å²) >= 11 is 0. The fourth-order valence-electron chi connectivity index (χ4n) is 3.69. The maximum Gasteiger partial charge on any atom is 0.246 e. The first-order valence-electron chi connectivity index (χ1n) is 10.1. The van der Waals surface area contributed by atoms with Gasteiger partial charge in [0.2, 0.25) is 17.6 Å². The summed E-state index contributed by atoms with van der Waals surface area (Å²) in [6.45, 7) is 6.66. The fraction of sp³-hybridized carbons (Fsp3) is 0.591. The Balaban J connectivity index is 1.76. The lowest BCUT2D eigenvalue weighted by atomic mass is 9.89. The van der Waals surface area contributed by atoms with E-state index < -0.39 is 0 Å². The normalized spacial score (nSPS) is 15.4. The molecule has 0 saturated heterocycles. The molecule has 0 aliphatic heterocycles. The second-order valence-electron chi connectivity index (χ2n) is 8.79. The van der Waals surface area contributed by atoms with Gasteiger partial charge in [0.1, 0.15) is 12.3 Å². The van der Waals surface area contributed by atoms with Crippen LogP contribution in [0.4, 0.5) is 0 Å². The van der Waals surface area contributed by atoms with Crippen LogP contribution in [-0.2, 0) is 11.3 Å². The molecule has 152 valence electrons. The Labute approximate surface area is 167 Å². The lowest BCUT2D eigenvalue weighted by Crippen LogP contribution is -2.42. The summed E-state index contributed by atoms with van der Waals surface area (Å²) in [6, 6.07) is 7.80. The number of amides is 1. The van der Waals surface area contributed by atoms with Crippen LogP contribution in [-0.4, -0.2) is 34.1 Å². The van der Waals surface area contributed by atoms with Gasteiger partial charge in [-0.2, -0.15) is 4.98 Å². The van der Waals surface area contributed by atoms with Gasteiger partial charge in [-0.15, -0.1) is 0 Å². The Hall–Kier alpha value is -2.37. The quantitative estimate of drug-likeness (QED) is 0.711. The predicted molar refractivity (Wildman–Crippen MR) is 108 cm³/mol. The molecule has 1 aromatic heterocycles. The van der Waals surface area contributed by atoms with E-state index in [2.05, 4.69) is 30.9 Å². The van der Waals surface area contributed by atoms with E-state index in [0.717, 1.165) is 24.2 Å². The average Bonchev–Trinajstić information content (AvgIpc) is 3.14. The van der Waals surface area contributed by atoms with Gasteiger partial charge in [-0.1, -0.05) is 45.2 Å². The van der Waals surface area contributed by atoms with Crippen LogP contribution >= 0.6 is 0 Å². The molecular formula is C22H31N3O3. The highest BCUT2D eigenvalue weighted by Crippen LogP contribution is 2.28. The summed E-state index contributed by atoms with van der Waals surface area (Å²) in [4.78, 5) is 19.5. The van der Waals surface area contributed by atoms with Gasteiger partial charge in [0.05, 0.1) is 7.11 Å². The zero-order valence-electron chi connectivity index (χ0n) is 17.4. The van der Waals surface area contributed by atoms with Crippen molar-refractivity contribution >= 4 is 5.91 Å². The highest BCUT2D eigenvalue weighted by molar-refractivity contribution is 5.77. The Morgan fingerprint density at radius 2 is 1.86 bits per heavy atom. The molecule has 1 fully saturated rings. The molecule has 28 heavy (non-hydrogen) atoms. The molecule has 0 bridgehead atoms. The molecular weight excluding hydrogens is 354 g/mol. The highest BCUT2D eigenvalue weighted by Gasteiger charge is 2.29. The highest BCUT2D eigenvalue weighted by atomic mass is 16.5. The van der Waals surface area contributed by atoms with E-state index in [9.17, 15) is 4.79 Å². The van der Waals surface area contributed by atoms with Crippen molar-refractivity contribution in [2.45, 2.75) is 71.9 Å². The monoisotopic (exact) mass is 385 g/mol. The summed E-state index contributed by atoms with van der Waals surface area (Å²) in [7, 11) is 1.63. The molecule has 0 N–H and O–H groups in total. The van der Waals surface area contributed by atoms with Crippen LogP contribution in [0.25, 0.3) is 11.4 Å². The van der Waals surface area contributed by atoms with Gasteiger partial charge in [-0.3, -0.25) is 4.79 Å². The number of hydrogen-bond acceptors (Lipinski definition) is 5. The van der Waals surface area contributed by atoms with E-state index in [-0.39, 0.29) is 17.4 Å². The van der Waals surface area contributed by atoms with Crippen LogP contribution in [0.2, 0.25) is 0 Å². The summed E-state index contributed by atoms with van der Waals surface area (Å²) in [5.74, 6) is 1.97. The number of ether oxygens (including phenoxy) is 1. The van der Waals surface area contributed by atoms with Crippen LogP contribution in [0.3, 0.4) is 0 Å². The molecule has 2 aromatic rings. The van der Waals surface area contributed by atoms with Crippen molar-refractivity contribution in [1.29, 1.82) is 0 Å². The molecule has 1 amide bonds. The minimum absolute atomic E-state index is 0.0485. The van der Waals surface area contributed by atoms with Crippen molar-refractivity contribution in [3.8, 4) is 17.1 Å². The molecule has 0 unspecified atom stereocenters. The van der Waals surface area contributed by atoms with Crippen molar-refractivity contribution in [3.63, 3.8) is 0 Å². The van der Waals surface area contributed by atoms with Gasteiger partial charge in [-0.05, 0) is 42.5 Å². The van der Waals surface area contributed by atoms with Crippen LogP contribution in [0, 0.1) is 5.41 Å². The standard InChI is InChI=1S/C22H31N3O3/c1-22(2,3)14-20(26)25(17-8-6-5-7-9-17)15-19-23-21(24-28-19)16-10-12-18(27-4)13-11-16/h10-13,17H,5-9,14-15H2,1-4H3. The minimum Gasteiger partial charge on any atom is -0.497 e. The van der Waals surface area contributed by atoms with E-state index >= 15 is 0 Å². The number of hydrogen-bond donors (Lipinski definition) is 0. The zero-order chi connectivity index (χ0) is 20.1. The van der Waals surface area contributed by atoms with Gasteiger partial charge in [0.15, 0.2) is 0 Å². The van der Waals surface area contributed by atoms with Gasteiger partial charge in [0, 0.05) is 18.0 Å². The molecule has 6 nitrogen and oxygen atoms in total. The van der Waals surface area contributed by atoms with Crippen LogP contribution in [0.15, 0.2) is 28.8 Å². The predicted octanol–water partition coefficient (Wildman–Crippen LogP) is 4.84. The lowest BCUT2D eigenvalue weighted by Gasteiger charge is -2.35. The molecule has 1 aliphatic carbocycles. The van der Waals surface area contributed by atoms with Crippen LogP contribution in [0.1, 0.15) is 65.2 Å². The largest absolute Gasteiger partial charge is 0.497 e. The van der Waals surface area contributed by atoms with Crippen LogP contribution < -0.4 is 4.74 Å². The Morgan fingerprint density at radius 1 is 1.18 bits per heavy atom. The van der Waals surface area contributed by atoms with Gasteiger partial charge < -0.3 is 14.2 Å². The first kappa shape index (κ1) is 20.4. The summed E-state index contributed by atoms with van der Waals surface area (Å²) in [5.41, 5.74) is 0.814. The van der Waals surface area contributed by atoms with Gasteiger partial charge in [0.25, 0.3) is 0 Å².